The maximum absolute atomic E-state index is 9.81. The third-order valence-electron chi connectivity index (χ3n) is 0.480. The molecule has 0 N–H and O–H groups in total. The molecule has 0 aliphatic heterocycles. The Labute approximate surface area is 76.4 Å². The van der Waals surface area contributed by atoms with Gasteiger partial charge in [0, 0.05) is 14.8 Å². The summed E-state index contributed by atoms with van der Waals surface area (Å²) in [5, 5.41) is 0. The van der Waals surface area contributed by atoms with Crippen LogP contribution in [0.1, 0.15) is 13.3 Å². The normalized spacial score (nSPS) is 3.77. The van der Waals surface area contributed by atoms with Crippen molar-refractivity contribution in [2.24, 2.45) is 0 Å². The molecular weight excluding hydrogens is 191 g/mol. The molecule has 0 aromatic carbocycles. The summed E-state index contributed by atoms with van der Waals surface area (Å²) in [5.41, 5.74) is 0. The van der Waals surface area contributed by atoms with Gasteiger partial charge in [0.05, 0.1) is 0 Å². The van der Waals surface area contributed by atoms with E-state index in [-0.39, 0.29) is 33.0 Å². The van der Waals surface area contributed by atoms with Gasteiger partial charge in [-0.1, -0.05) is 6.92 Å². The van der Waals surface area contributed by atoms with Gasteiger partial charge in [0.2, 0.25) is 0 Å². The number of Topliss-reactive ketones (excluding diaryl/α,β-unsaturated/α-hetero) is 1. The fourth-order valence-corrected chi connectivity index (χ4v) is 0.0833. The summed E-state index contributed by atoms with van der Waals surface area (Å²) in [6, 6.07) is 0. The molecule has 0 bridgehead atoms. The van der Waals surface area contributed by atoms with Crippen LogP contribution in [0.3, 0.4) is 0 Å². The minimum Gasteiger partial charge on any atom is -0.295 e. The summed E-state index contributed by atoms with van der Waals surface area (Å²) in [5.74, 6) is -0.338. The van der Waals surface area contributed by atoms with Crippen LogP contribution in [0, 0.1) is 0 Å². The molecule has 0 atom stereocenters. The minimum absolute atomic E-state index is 0. The maximum Gasteiger partial charge on any atom is 0.194 e. The molecule has 0 heterocycles. The molecule has 0 spiro atoms. The minimum atomic E-state index is -0.338. The monoisotopic (exact) mass is 205 g/mol. The van der Waals surface area contributed by atoms with Crippen LogP contribution >= 0.6 is 0 Å². The molecule has 0 unspecified atom stereocenters. The molecule has 0 aromatic rings. The van der Waals surface area contributed by atoms with Crippen molar-refractivity contribution in [2.45, 2.75) is 13.3 Å². The number of halogens is 4. The van der Waals surface area contributed by atoms with E-state index >= 15 is 0 Å². The predicted octanol–water partition coefficient (Wildman–Crippen LogP) is 1.20. The van der Waals surface area contributed by atoms with Gasteiger partial charge < -0.3 is 0 Å². The van der Waals surface area contributed by atoms with Crippen LogP contribution in [0.4, 0.5) is 18.8 Å². The molecule has 2 nitrogen and oxygen atoms in total. The zero-order valence-electron chi connectivity index (χ0n) is 7.23. The van der Waals surface area contributed by atoms with E-state index in [0.29, 0.717) is 12.7 Å². The van der Waals surface area contributed by atoms with Gasteiger partial charge in [0.1, 0.15) is 0 Å². The predicted molar refractivity (Wildman–Crippen MR) is 48.4 cm³/mol. The third-order valence-corrected chi connectivity index (χ3v) is 0.480. The molecule has 7 heteroatoms. The molecule has 0 rings (SSSR count). The highest BCUT2D eigenvalue weighted by atomic mass is 19.0. The molecule has 0 aliphatic rings. The number of aldehydes is 1. The number of ketones is 1. The van der Waals surface area contributed by atoms with E-state index in [2.05, 4.69) is 13.2 Å². The van der Waals surface area contributed by atoms with Gasteiger partial charge in [-0.15, -0.1) is 13.2 Å². The Balaban J connectivity index is -0.00000000966. The summed E-state index contributed by atoms with van der Waals surface area (Å²) in [7, 11) is 0. The number of hydrogen-bond acceptors (Lipinski definition) is 2. The Kier molecular flexibility index (Phi) is 322. The first-order chi connectivity index (χ1) is 3.81. The molecule has 0 aromatic heterocycles. The number of carbonyl (C=O) groups is 2. The average Bonchev–Trinajstić information content (AvgIpc) is 1.91. The van der Waals surface area contributed by atoms with Crippen molar-refractivity contribution in [3.05, 3.63) is 13.2 Å². The van der Waals surface area contributed by atoms with E-state index in [1.165, 1.54) is 0 Å². The van der Waals surface area contributed by atoms with Crippen LogP contribution in [0.2, 0.25) is 0 Å². The quantitative estimate of drug-likeness (QED) is 0.223. The fourth-order valence-electron chi connectivity index (χ4n) is 0.0833. The highest BCUT2D eigenvalue weighted by Crippen LogP contribution is 1.69. The lowest BCUT2D eigenvalue weighted by Crippen LogP contribution is -1.92. The second kappa shape index (κ2) is 70.8. The van der Waals surface area contributed by atoms with Gasteiger partial charge in [-0.2, -0.15) is 0 Å². The average molecular weight is 205 g/mol. The van der Waals surface area contributed by atoms with Crippen LogP contribution in [0.15, 0.2) is 13.2 Å². The summed E-state index contributed by atoms with van der Waals surface area (Å²) in [6.45, 7) is 7.65. The smallest absolute Gasteiger partial charge is 0.194 e. The second-order valence-corrected chi connectivity index (χ2v) is 0.938. The van der Waals surface area contributed by atoms with E-state index < -0.39 is 0 Å². The summed E-state index contributed by atoms with van der Waals surface area (Å²) in [4.78, 5) is 19.2. The molecule has 0 aliphatic carbocycles. The van der Waals surface area contributed by atoms with Gasteiger partial charge in [-0.05, 0) is 0 Å². The van der Waals surface area contributed by atoms with Gasteiger partial charge in [0.15, 0.2) is 12.1 Å². The fraction of sp³-hybridized carbons (Fsp3) is 0.333. The van der Waals surface area contributed by atoms with Crippen LogP contribution in [-0.4, -0.2) is 20.5 Å². The first-order valence-electron chi connectivity index (χ1n) is 2.29. The lowest BCUT2D eigenvalue weighted by atomic mass is 10.3. The standard InChI is InChI=1S/C4H6O2.C2H4.B.4FH/c1-2-4(6)3-5;1-2;;;;;/h3H,2H2,1H3;1-2H2;;4*1H. The molecule has 0 fully saturated rings. The van der Waals surface area contributed by atoms with Gasteiger partial charge in [-0.3, -0.25) is 28.4 Å². The topological polar surface area (TPSA) is 34.1 Å². The van der Waals surface area contributed by atoms with E-state index in [9.17, 15) is 9.59 Å². The lowest BCUT2D eigenvalue weighted by Gasteiger charge is -1.71. The maximum atomic E-state index is 9.81. The van der Waals surface area contributed by atoms with Crippen molar-refractivity contribution in [3.63, 3.8) is 0 Å². The largest absolute Gasteiger partial charge is 0.295 e. The Hall–Kier alpha value is -1.14. The Morgan fingerprint density at radius 3 is 1.38 bits per heavy atom. The molecule has 0 saturated heterocycles. The number of carbonyl (C=O) groups excluding carboxylic acids is 2. The third kappa shape index (κ3) is 104. The number of hydrogen-bond donors (Lipinski definition) is 0. The van der Waals surface area contributed by atoms with Crippen LogP contribution in [0.25, 0.3) is 0 Å². The molecule has 3 radical (unpaired) electrons. The van der Waals surface area contributed by atoms with Gasteiger partial charge >= 0.3 is 0 Å². The summed E-state index contributed by atoms with van der Waals surface area (Å²) < 4.78 is 0. The van der Waals surface area contributed by atoms with Crippen molar-refractivity contribution in [3.8, 4) is 0 Å². The molecular formula is C6H14BF4O2. The zero-order chi connectivity index (χ0) is 6.99. The van der Waals surface area contributed by atoms with Crippen molar-refractivity contribution in [2.75, 3.05) is 0 Å². The van der Waals surface area contributed by atoms with Crippen LogP contribution in [0.5, 0.6) is 0 Å². The highest BCUT2D eigenvalue weighted by molar-refractivity contribution is 6.24. The molecule has 81 valence electrons. The summed E-state index contributed by atoms with van der Waals surface area (Å²) >= 11 is 0. The van der Waals surface area contributed by atoms with Crippen LogP contribution < -0.4 is 0 Å². The zero-order valence-corrected chi connectivity index (χ0v) is 7.23. The van der Waals surface area contributed by atoms with Gasteiger partial charge in [-0.25, -0.2) is 0 Å². The van der Waals surface area contributed by atoms with E-state index in [1.54, 1.807) is 6.92 Å². The first kappa shape index (κ1) is 59.2. The first-order valence-corrected chi connectivity index (χ1v) is 2.29. The number of rotatable bonds is 2. The Bertz CT molecular complexity index is 92.7. The van der Waals surface area contributed by atoms with Crippen molar-refractivity contribution >= 4 is 20.5 Å². The molecule has 0 amide bonds. The molecule has 0 saturated carbocycles. The second-order valence-electron chi connectivity index (χ2n) is 0.938. The highest BCUT2D eigenvalue weighted by Gasteiger charge is 1.87. The van der Waals surface area contributed by atoms with Crippen molar-refractivity contribution in [1.29, 1.82) is 0 Å². The SMILES string of the molecule is C=C.CCC(=O)C=O.F.F.F.F.[B]. The van der Waals surface area contributed by atoms with Gasteiger partial charge in [0.25, 0.3) is 0 Å². The van der Waals surface area contributed by atoms with Crippen molar-refractivity contribution < 1.29 is 28.4 Å². The molecule has 13 heavy (non-hydrogen) atoms. The lowest BCUT2D eigenvalue weighted by molar-refractivity contribution is -0.129. The van der Waals surface area contributed by atoms with E-state index in [4.69, 9.17) is 0 Å². The Morgan fingerprint density at radius 1 is 1.15 bits per heavy atom. The summed E-state index contributed by atoms with van der Waals surface area (Å²) in [6.07, 6.45) is 0.656. The van der Waals surface area contributed by atoms with E-state index in [1.807, 2.05) is 0 Å². The van der Waals surface area contributed by atoms with E-state index in [0.717, 1.165) is 0 Å². The Morgan fingerprint density at radius 2 is 1.38 bits per heavy atom. The van der Waals surface area contributed by atoms with Crippen molar-refractivity contribution in [1.82, 2.24) is 0 Å². The van der Waals surface area contributed by atoms with Crippen LogP contribution in [-0.2, 0) is 9.59 Å².